The molecule has 0 radical (unpaired) electrons. The first-order valence-corrected chi connectivity index (χ1v) is 7.15. The maximum Gasteiger partial charge on any atom is 0.347 e. The van der Waals surface area contributed by atoms with E-state index in [-0.39, 0.29) is 17.1 Å². The quantitative estimate of drug-likeness (QED) is 0.753. The van der Waals surface area contributed by atoms with Crippen molar-refractivity contribution in [3.63, 3.8) is 0 Å². The molecule has 118 valence electrons. The summed E-state index contributed by atoms with van der Waals surface area (Å²) in [5.41, 5.74) is 0.585. The molecule has 5 heteroatoms. The van der Waals surface area contributed by atoms with Crippen LogP contribution in [0.15, 0.2) is 51.7 Å². The Hall–Kier alpha value is -2.66. The molecule has 0 spiro atoms. The van der Waals surface area contributed by atoms with E-state index in [2.05, 4.69) is 0 Å². The predicted molar refractivity (Wildman–Crippen MR) is 86.9 cm³/mol. The van der Waals surface area contributed by atoms with Gasteiger partial charge in [-0.1, -0.05) is 18.2 Å². The second-order valence-corrected chi connectivity index (χ2v) is 5.65. The maximum atomic E-state index is 13.9. The topological polar surface area (TPSA) is 53.7 Å². The molecular formula is C18H16FNO3. The largest absolute Gasteiger partial charge is 0.506 e. The fourth-order valence-corrected chi connectivity index (χ4v) is 2.58. The molecule has 0 atom stereocenters. The van der Waals surface area contributed by atoms with Crippen LogP contribution in [0.4, 0.5) is 4.39 Å². The zero-order valence-electron chi connectivity index (χ0n) is 12.8. The van der Waals surface area contributed by atoms with Gasteiger partial charge in [-0.15, -0.1) is 0 Å². The van der Waals surface area contributed by atoms with E-state index in [1.807, 2.05) is 19.0 Å². The van der Waals surface area contributed by atoms with Crippen molar-refractivity contribution < 1.29 is 13.9 Å². The van der Waals surface area contributed by atoms with Gasteiger partial charge in [-0.25, -0.2) is 9.18 Å². The average molecular weight is 313 g/mol. The zero-order valence-corrected chi connectivity index (χ0v) is 12.8. The summed E-state index contributed by atoms with van der Waals surface area (Å²) in [7, 11) is 3.65. The Morgan fingerprint density at radius 3 is 2.65 bits per heavy atom. The summed E-state index contributed by atoms with van der Waals surface area (Å²) in [4.78, 5) is 14.1. The van der Waals surface area contributed by atoms with Crippen molar-refractivity contribution in [1.82, 2.24) is 4.90 Å². The van der Waals surface area contributed by atoms with Crippen molar-refractivity contribution in [2.24, 2.45) is 0 Å². The van der Waals surface area contributed by atoms with Crippen LogP contribution in [0.1, 0.15) is 5.56 Å². The fourth-order valence-electron chi connectivity index (χ4n) is 2.58. The van der Waals surface area contributed by atoms with Crippen molar-refractivity contribution in [2.45, 2.75) is 6.54 Å². The van der Waals surface area contributed by atoms with E-state index in [0.29, 0.717) is 28.6 Å². The van der Waals surface area contributed by atoms with Crippen LogP contribution < -0.4 is 5.63 Å². The number of hydrogen-bond acceptors (Lipinski definition) is 4. The van der Waals surface area contributed by atoms with E-state index in [1.54, 1.807) is 30.3 Å². The van der Waals surface area contributed by atoms with Gasteiger partial charge < -0.3 is 14.4 Å². The van der Waals surface area contributed by atoms with Gasteiger partial charge in [-0.05, 0) is 43.9 Å². The smallest absolute Gasteiger partial charge is 0.347 e. The van der Waals surface area contributed by atoms with Crippen molar-refractivity contribution in [2.75, 3.05) is 14.1 Å². The van der Waals surface area contributed by atoms with Crippen LogP contribution in [-0.4, -0.2) is 24.1 Å². The summed E-state index contributed by atoms with van der Waals surface area (Å²) >= 11 is 0. The lowest BCUT2D eigenvalue weighted by Gasteiger charge is -2.12. The Labute approximate surface area is 132 Å². The highest BCUT2D eigenvalue weighted by atomic mass is 19.1. The van der Waals surface area contributed by atoms with Crippen LogP contribution in [0.5, 0.6) is 5.75 Å². The molecule has 1 N–H and O–H groups in total. The van der Waals surface area contributed by atoms with Crippen LogP contribution in [-0.2, 0) is 6.54 Å². The van der Waals surface area contributed by atoms with Crippen molar-refractivity contribution >= 4 is 11.0 Å². The van der Waals surface area contributed by atoms with E-state index < -0.39 is 5.63 Å². The Balaban J connectivity index is 2.23. The summed E-state index contributed by atoms with van der Waals surface area (Å²) in [6.07, 6.45) is 0. The van der Waals surface area contributed by atoms with E-state index in [0.717, 1.165) is 0 Å². The molecule has 3 rings (SSSR count). The van der Waals surface area contributed by atoms with Crippen LogP contribution in [0.25, 0.3) is 22.1 Å². The molecule has 1 aromatic heterocycles. The molecule has 4 nitrogen and oxygen atoms in total. The molecule has 2 aromatic carbocycles. The number of halogens is 1. The summed E-state index contributed by atoms with van der Waals surface area (Å²) in [6.45, 7) is 0.388. The number of fused-ring (bicyclic) bond motifs is 1. The molecule has 0 bridgehead atoms. The van der Waals surface area contributed by atoms with Gasteiger partial charge in [0.25, 0.3) is 0 Å². The summed E-state index contributed by atoms with van der Waals surface area (Å²) in [5, 5.41) is 10.9. The maximum absolute atomic E-state index is 13.9. The molecule has 0 saturated heterocycles. The van der Waals surface area contributed by atoms with Crippen LogP contribution >= 0.6 is 0 Å². The van der Waals surface area contributed by atoms with Gasteiger partial charge in [0.2, 0.25) is 0 Å². The third kappa shape index (κ3) is 2.83. The first kappa shape index (κ1) is 15.2. The van der Waals surface area contributed by atoms with Gasteiger partial charge in [0.1, 0.15) is 22.7 Å². The van der Waals surface area contributed by atoms with E-state index in [1.165, 1.54) is 12.1 Å². The van der Waals surface area contributed by atoms with Gasteiger partial charge in [-0.2, -0.15) is 0 Å². The highest BCUT2D eigenvalue weighted by Crippen LogP contribution is 2.33. The molecular weight excluding hydrogens is 297 g/mol. The molecule has 0 unspecified atom stereocenters. The molecule has 0 saturated carbocycles. The lowest BCUT2D eigenvalue weighted by molar-refractivity contribution is 0.392. The molecule has 3 aromatic rings. The van der Waals surface area contributed by atoms with Crippen molar-refractivity contribution in [3.05, 3.63) is 64.3 Å². The van der Waals surface area contributed by atoms with Crippen molar-refractivity contribution in [1.29, 1.82) is 0 Å². The second-order valence-electron chi connectivity index (χ2n) is 5.65. The average Bonchev–Trinajstić information content (AvgIpc) is 2.50. The van der Waals surface area contributed by atoms with Gasteiger partial charge in [-0.3, -0.25) is 0 Å². The Morgan fingerprint density at radius 2 is 1.91 bits per heavy atom. The third-order valence-electron chi connectivity index (χ3n) is 3.61. The monoisotopic (exact) mass is 313 g/mol. The van der Waals surface area contributed by atoms with Crippen LogP contribution in [0.3, 0.4) is 0 Å². The molecule has 1 heterocycles. The molecule has 23 heavy (non-hydrogen) atoms. The number of para-hydroxylation sites is 1. The molecule has 0 fully saturated rings. The van der Waals surface area contributed by atoms with E-state index in [9.17, 15) is 14.3 Å². The Bertz CT molecular complexity index is 931. The first-order chi connectivity index (χ1) is 11.0. The fraction of sp³-hybridized carbons (Fsp3) is 0.167. The highest BCUT2D eigenvalue weighted by molar-refractivity contribution is 5.90. The number of rotatable bonds is 3. The number of aromatic hydroxyl groups is 1. The van der Waals surface area contributed by atoms with Crippen LogP contribution in [0.2, 0.25) is 0 Å². The predicted octanol–water partition coefficient (Wildman–Crippen LogP) is 3.37. The molecule has 0 aliphatic heterocycles. The van der Waals surface area contributed by atoms with E-state index in [4.69, 9.17) is 4.42 Å². The second kappa shape index (κ2) is 5.85. The minimum absolute atomic E-state index is 0.0451. The lowest BCUT2D eigenvalue weighted by Crippen LogP contribution is -2.12. The standard InChI is InChI=1S/C18H16FNO3/c1-20(2)10-12-9-11(7-8-14(12)19)16-17(21)13-5-3-4-6-15(13)23-18(16)22/h3-9,21H,10H2,1-2H3. The Morgan fingerprint density at radius 1 is 1.17 bits per heavy atom. The summed E-state index contributed by atoms with van der Waals surface area (Å²) < 4.78 is 19.2. The zero-order chi connectivity index (χ0) is 16.6. The van der Waals surface area contributed by atoms with Gasteiger partial charge in [0.15, 0.2) is 0 Å². The lowest BCUT2D eigenvalue weighted by atomic mass is 10.0. The normalized spacial score (nSPS) is 11.3. The highest BCUT2D eigenvalue weighted by Gasteiger charge is 2.17. The van der Waals surface area contributed by atoms with Gasteiger partial charge >= 0.3 is 5.63 Å². The van der Waals surface area contributed by atoms with E-state index >= 15 is 0 Å². The summed E-state index contributed by atoms with van der Waals surface area (Å²) in [6, 6.07) is 11.1. The Kier molecular flexibility index (Phi) is 3.88. The van der Waals surface area contributed by atoms with Crippen molar-refractivity contribution in [3.8, 4) is 16.9 Å². The van der Waals surface area contributed by atoms with Crippen LogP contribution in [0, 0.1) is 5.82 Å². The number of nitrogens with zero attached hydrogens (tertiary/aromatic N) is 1. The SMILES string of the molecule is CN(C)Cc1cc(-c2c(O)c3ccccc3oc2=O)ccc1F. The van der Waals surface area contributed by atoms with Gasteiger partial charge in [0, 0.05) is 12.1 Å². The minimum atomic E-state index is -0.649. The molecule has 0 amide bonds. The third-order valence-corrected chi connectivity index (χ3v) is 3.61. The molecule has 0 aliphatic carbocycles. The molecule has 0 aliphatic rings. The summed E-state index contributed by atoms with van der Waals surface area (Å²) in [5.74, 6) is -0.508. The van der Waals surface area contributed by atoms with Gasteiger partial charge in [0.05, 0.1) is 5.39 Å². The number of benzene rings is 2. The minimum Gasteiger partial charge on any atom is -0.506 e. The first-order valence-electron chi connectivity index (χ1n) is 7.15. The number of hydrogen-bond donors (Lipinski definition) is 1.